The number of carbonyl (C=O) groups is 3. The largest absolute Gasteiger partial charge is 0.364 e. The summed E-state index contributed by atoms with van der Waals surface area (Å²) in [5, 5.41) is 7.44. The van der Waals surface area contributed by atoms with E-state index in [1.807, 2.05) is 0 Å². The van der Waals surface area contributed by atoms with Gasteiger partial charge in [0.1, 0.15) is 24.5 Å². The van der Waals surface area contributed by atoms with Crippen molar-refractivity contribution < 1.29 is 23.2 Å². The van der Waals surface area contributed by atoms with Gasteiger partial charge in [-0.1, -0.05) is 47.9 Å². The molecule has 2 atom stereocenters. The fourth-order valence-electron chi connectivity index (χ4n) is 5.32. The monoisotopic (exact) mass is 639 g/mol. The van der Waals surface area contributed by atoms with Gasteiger partial charge in [-0.15, -0.1) is 0 Å². The number of nitrogens with two attached hydrogens (primary N) is 1. The maximum Gasteiger partial charge on any atom is 0.269 e. The molecule has 3 aromatic carbocycles. The maximum absolute atomic E-state index is 15.5. The summed E-state index contributed by atoms with van der Waals surface area (Å²) in [6, 6.07) is 14.8. The molecule has 0 radical (unpaired) electrons. The number of hydrogen-bond donors (Lipinski definition) is 2. The summed E-state index contributed by atoms with van der Waals surface area (Å²) >= 11 is 6.25. The average Bonchev–Trinajstić information content (AvgIpc) is 3.62. The summed E-state index contributed by atoms with van der Waals surface area (Å²) in [5.41, 5.74) is 7.35. The molecule has 13 heteroatoms. The minimum atomic E-state index is -1.48. The fourth-order valence-corrected chi connectivity index (χ4v) is 5.56. The number of fused-ring (bicyclic) bond motifs is 1. The Hall–Kier alpha value is -5.67. The van der Waals surface area contributed by atoms with Gasteiger partial charge in [-0.3, -0.25) is 24.0 Å². The van der Waals surface area contributed by atoms with Gasteiger partial charge in [-0.2, -0.15) is 5.10 Å². The van der Waals surface area contributed by atoms with E-state index in [4.69, 9.17) is 17.3 Å². The van der Waals surface area contributed by atoms with Crippen molar-refractivity contribution in [1.82, 2.24) is 24.6 Å². The maximum atomic E-state index is 15.5. The Morgan fingerprint density at radius 1 is 1.04 bits per heavy atom. The van der Waals surface area contributed by atoms with Crippen LogP contribution in [0.3, 0.4) is 0 Å². The first-order chi connectivity index (χ1) is 22.2. The van der Waals surface area contributed by atoms with Crippen LogP contribution in [0.1, 0.15) is 28.2 Å². The molecule has 3 N–H and O–H groups in total. The van der Waals surface area contributed by atoms with Crippen molar-refractivity contribution in [1.29, 1.82) is 0 Å². The molecule has 0 aliphatic carbocycles. The van der Waals surface area contributed by atoms with Crippen molar-refractivity contribution in [3.05, 3.63) is 107 Å². The number of benzene rings is 3. The van der Waals surface area contributed by atoms with E-state index >= 15 is 4.39 Å². The van der Waals surface area contributed by atoms with E-state index in [1.54, 1.807) is 48.5 Å². The highest BCUT2D eigenvalue weighted by Crippen LogP contribution is 2.33. The van der Waals surface area contributed by atoms with E-state index in [1.165, 1.54) is 35.4 Å². The molecule has 0 bridgehead atoms. The lowest BCUT2D eigenvalue weighted by atomic mass is 10.0. The Labute approximate surface area is 266 Å². The number of alkyl halides is 1. The van der Waals surface area contributed by atoms with Gasteiger partial charge in [0.2, 0.25) is 11.8 Å². The van der Waals surface area contributed by atoms with Gasteiger partial charge in [0.25, 0.3) is 5.91 Å². The van der Waals surface area contributed by atoms with Crippen LogP contribution in [0, 0.1) is 17.7 Å². The lowest BCUT2D eigenvalue weighted by Gasteiger charge is -2.24. The van der Waals surface area contributed by atoms with E-state index in [-0.39, 0.29) is 29.9 Å². The van der Waals surface area contributed by atoms with E-state index < -0.39 is 42.3 Å². The van der Waals surface area contributed by atoms with E-state index in [0.29, 0.717) is 32.7 Å². The van der Waals surface area contributed by atoms with Gasteiger partial charge < -0.3 is 16.0 Å². The molecule has 1 aliphatic rings. The predicted octanol–water partition coefficient (Wildman–Crippen LogP) is 4.36. The van der Waals surface area contributed by atoms with Crippen LogP contribution in [0.2, 0.25) is 5.02 Å². The van der Waals surface area contributed by atoms with Crippen LogP contribution < -0.4 is 11.1 Å². The third-order valence-corrected chi connectivity index (χ3v) is 7.79. The molecule has 2 aromatic heterocycles. The molecule has 46 heavy (non-hydrogen) atoms. The summed E-state index contributed by atoms with van der Waals surface area (Å²) < 4.78 is 31.4. The number of likely N-dealkylation sites (tertiary alicyclic amines) is 1. The smallest absolute Gasteiger partial charge is 0.269 e. The predicted molar refractivity (Wildman–Crippen MR) is 167 cm³/mol. The van der Waals surface area contributed by atoms with Gasteiger partial charge >= 0.3 is 0 Å². The topological polar surface area (TPSA) is 136 Å². The Bertz CT molecular complexity index is 2060. The molecule has 0 saturated carbocycles. The summed E-state index contributed by atoms with van der Waals surface area (Å²) in [6.07, 6.45) is 2.79. The number of hydrogen-bond acceptors (Lipinski definition) is 6. The highest BCUT2D eigenvalue weighted by molar-refractivity contribution is 6.33. The minimum Gasteiger partial charge on any atom is -0.364 e. The van der Waals surface area contributed by atoms with Gasteiger partial charge in [0.15, 0.2) is 11.5 Å². The normalized spacial score (nSPS) is 15.8. The van der Waals surface area contributed by atoms with Crippen molar-refractivity contribution in [2.24, 2.45) is 5.73 Å². The van der Waals surface area contributed by atoms with Gasteiger partial charge in [-0.05, 0) is 36.3 Å². The number of primary amides is 1. The van der Waals surface area contributed by atoms with Crippen molar-refractivity contribution in [3.8, 4) is 23.0 Å². The highest BCUT2D eigenvalue weighted by Gasteiger charge is 2.40. The molecule has 1 aliphatic heterocycles. The van der Waals surface area contributed by atoms with Crippen molar-refractivity contribution in [2.45, 2.75) is 25.2 Å². The molecule has 3 amide bonds. The first kappa shape index (κ1) is 30.4. The SMILES string of the molecule is NC(=O)c1nn(CC(=O)N2CC(F)CC2C(=O)Nc2cccc(-c3ccccc3Cl)c2F)c2ccc(C#Cc3cnccn3)cc12. The fraction of sp³-hybridized carbons (Fsp3) is 0.152. The summed E-state index contributed by atoms with van der Waals surface area (Å²) in [5.74, 6) is 2.89. The van der Waals surface area contributed by atoms with Crippen molar-refractivity contribution in [3.63, 3.8) is 0 Å². The Balaban J connectivity index is 1.23. The second-order valence-corrected chi connectivity index (χ2v) is 10.9. The van der Waals surface area contributed by atoms with E-state index in [0.717, 1.165) is 4.90 Å². The number of aromatic nitrogens is 4. The second-order valence-electron chi connectivity index (χ2n) is 10.5. The van der Waals surface area contributed by atoms with Crippen molar-refractivity contribution in [2.75, 3.05) is 11.9 Å². The van der Waals surface area contributed by atoms with Gasteiger partial charge in [0, 0.05) is 45.9 Å². The van der Waals surface area contributed by atoms with E-state index in [9.17, 15) is 18.8 Å². The lowest BCUT2D eigenvalue weighted by molar-refractivity contribution is -0.137. The zero-order valence-electron chi connectivity index (χ0n) is 24.0. The molecule has 0 spiro atoms. The van der Waals surface area contributed by atoms with Crippen LogP contribution in [0.25, 0.3) is 22.0 Å². The van der Waals surface area contributed by atoms with Gasteiger partial charge in [0.05, 0.1) is 23.9 Å². The van der Waals surface area contributed by atoms with Crippen LogP contribution >= 0.6 is 11.6 Å². The third kappa shape index (κ3) is 6.13. The van der Waals surface area contributed by atoms with Crippen LogP contribution in [-0.4, -0.2) is 61.1 Å². The molecule has 5 aromatic rings. The molecule has 6 rings (SSSR count). The number of amides is 3. The first-order valence-electron chi connectivity index (χ1n) is 14.1. The standard InChI is InChI=1S/C33H24ClF2N7O3/c34-25-6-2-1-4-22(25)23-5-3-7-26(30(23)36)40-33(46)28-15-20(35)17-42(28)29(44)18-43-27-11-9-19(8-10-21-16-38-12-13-39-21)14-24(27)31(41-43)32(37)45/h1-7,9,11-14,16,20,28H,15,17-18H2,(H2,37,45)(H,40,46). The quantitative estimate of drug-likeness (QED) is 0.265. The molecule has 1 fully saturated rings. The number of halogens is 3. The summed E-state index contributed by atoms with van der Waals surface area (Å²) in [4.78, 5) is 48.2. The summed E-state index contributed by atoms with van der Waals surface area (Å²) in [6.45, 7) is -0.760. The number of rotatable bonds is 6. The highest BCUT2D eigenvalue weighted by atomic mass is 35.5. The average molecular weight is 640 g/mol. The van der Waals surface area contributed by atoms with Crippen LogP contribution in [0.5, 0.6) is 0 Å². The number of nitrogens with zero attached hydrogens (tertiary/aromatic N) is 5. The molecular formula is C33H24ClF2N7O3. The van der Waals surface area contributed by atoms with Crippen LogP contribution in [0.15, 0.2) is 79.3 Å². The molecule has 2 unspecified atom stereocenters. The van der Waals surface area contributed by atoms with E-state index in [2.05, 4.69) is 32.2 Å². The second kappa shape index (κ2) is 12.7. The number of nitrogens with one attached hydrogen (secondary N) is 1. The van der Waals surface area contributed by atoms with Gasteiger partial charge in [-0.25, -0.2) is 13.8 Å². The molecule has 230 valence electrons. The zero-order chi connectivity index (χ0) is 32.4. The van der Waals surface area contributed by atoms with Crippen LogP contribution in [-0.2, 0) is 16.1 Å². The zero-order valence-corrected chi connectivity index (χ0v) is 24.7. The Morgan fingerprint density at radius 3 is 2.61 bits per heavy atom. The summed E-state index contributed by atoms with van der Waals surface area (Å²) in [7, 11) is 0. The minimum absolute atomic E-state index is 0.0843. The Morgan fingerprint density at radius 2 is 1.85 bits per heavy atom. The molecule has 1 saturated heterocycles. The molecule has 10 nitrogen and oxygen atoms in total. The van der Waals surface area contributed by atoms with Crippen LogP contribution in [0.4, 0.5) is 14.5 Å². The first-order valence-corrected chi connectivity index (χ1v) is 14.4. The molecule has 3 heterocycles. The lowest BCUT2D eigenvalue weighted by Crippen LogP contribution is -2.44. The van der Waals surface area contributed by atoms with Crippen molar-refractivity contribution >= 4 is 45.9 Å². The molecular weight excluding hydrogens is 616 g/mol. The third-order valence-electron chi connectivity index (χ3n) is 7.46. The number of carbonyl (C=O) groups excluding carboxylic acids is 3. The Kier molecular flexibility index (Phi) is 8.41. The number of anilines is 1.